The molecule has 0 saturated heterocycles. The van der Waals surface area contributed by atoms with Crippen molar-refractivity contribution < 1.29 is 14.3 Å². The Morgan fingerprint density at radius 3 is 2.66 bits per heavy atom. The Morgan fingerprint density at radius 1 is 1.03 bits per heavy atom. The van der Waals surface area contributed by atoms with Crippen LogP contribution in [-0.2, 0) is 4.79 Å². The van der Waals surface area contributed by atoms with Gasteiger partial charge in [0, 0.05) is 6.07 Å². The summed E-state index contributed by atoms with van der Waals surface area (Å²) >= 11 is 1.27. The third-order valence-electron chi connectivity index (χ3n) is 5.11. The first-order valence-corrected chi connectivity index (χ1v) is 12.1. The van der Waals surface area contributed by atoms with Gasteiger partial charge in [0.15, 0.2) is 16.5 Å². The van der Waals surface area contributed by atoms with E-state index in [1.54, 1.807) is 33.7 Å². The number of thioether (sulfide) groups is 1. The fraction of sp³-hybridized carbons (Fsp3) is 0.208. The van der Waals surface area contributed by atoms with Gasteiger partial charge in [-0.2, -0.15) is 5.10 Å². The van der Waals surface area contributed by atoms with Crippen LogP contribution in [0.15, 0.2) is 66.2 Å². The van der Waals surface area contributed by atoms with Crippen molar-refractivity contribution in [2.45, 2.75) is 19.0 Å². The summed E-state index contributed by atoms with van der Waals surface area (Å²) in [5.74, 6) is 1.18. The Balaban J connectivity index is 1.33. The molecule has 0 radical (unpaired) electrons. The van der Waals surface area contributed by atoms with Crippen LogP contribution in [0, 0.1) is 0 Å². The summed E-state index contributed by atoms with van der Waals surface area (Å²) in [6.45, 7) is 4.81. The molecule has 1 amide bonds. The smallest absolute Gasteiger partial charge is 0.234 e. The number of fused-ring (bicyclic) bond motifs is 3. The maximum Gasteiger partial charge on any atom is 0.234 e. The van der Waals surface area contributed by atoms with Gasteiger partial charge in [-0.3, -0.25) is 9.20 Å². The van der Waals surface area contributed by atoms with Crippen LogP contribution in [0.25, 0.3) is 22.4 Å². The van der Waals surface area contributed by atoms with Crippen LogP contribution in [0.4, 0.5) is 5.69 Å². The van der Waals surface area contributed by atoms with Crippen molar-refractivity contribution in [2.75, 3.05) is 24.3 Å². The van der Waals surface area contributed by atoms with Crippen molar-refractivity contribution in [1.29, 1.82) is 0 Å². The second-order valence-electron chi connectivity index (χ2n) is 7.41. The minimum absolute atomic E-state index is 0.131. The number of nitrogens with zero attached hydrogens (tertiary/aromatic N) is 6. The molecule has 3 aromatic heterocycles. The third kappa shape index (κ3) is 4.62. The summed E-state index contributed by atoms with van der Waals surface area (Å²) in [7, 11) is 0. The summed E-state index contributed by atoms with van der Waals surface area (Å²) in [5.41, 5.74) is 2.78. The topological polar surface area (TPSA) is 108 Å². The van der Waals surface area contributed by atoms with Gasteiger partial charge in [-0.15, -0.1) is 10.2 Å². The molecule has 3 heterocycles. The van der Waals surface area contributed by atoms with E-state index in [4.69, 9.17) is 9.47 Å². The van der Waals surface area contributed by atoms with Crippen LogP contribution in [0.5, 0.6) is 11.5 Å². The van der Waals surface area contributed by atoms with Crippen LogP contribution in [0.1, 0.15) is 13.8 Å². The first-order valence-electron chi connectivity index (χ1n) is 11.1. The number of nitrogens with one attached hydrogen (secondary N) is 1. The lowest BCUT2D eigenvalue weighted by Crippen LogP contribution is -2.15. The number of benzene rings is 2. The molecular weight excluding hydrogens is 466 g/mol. The fourth-order valence-corrected chi connectivity index (χ4v) is 4.32. The van der Waals surface area contributed by atoms with E-state index in [1.807, 2.05) is 50.2 Å². The SMILES string of the molecule is CCOc1ccc(OCC)c(NC(=O)CSc2nnc3c4cnn(-c5ccccc5)c4ncn23)c1. The van der Waals surface area contributed by atoms with E-state index in [1.165, 1.54) is 11.8 Å². The maximum absolute atomic E-state index is 12.7. The molecule has 0 bridgehead atoms. The molecule has 2 aromatic carbocycles. The first kappa shape index (κ1) is 22.7. The first-order chi connectivity index (χ1) is 17.2. The highest BCUT2D eigenvalue weighted by molar-refractivity contribution is 7.99. The predicted molar refractivity (Wildman–Crippen MR) is 134 cm³/mol. The number of anilines is 1. The molecule has 0 aliphatic rings. The largest absolute Gasteiger partial charge is 0.494 e. The highest BCUT2D eigenvalue weighted by atomic mass is 32.2. The van der Waals surface area contributed by atoms with E-state index in [0.717, 1.165) is 11.1 Å². The minimum Gasteiger partial charge on any atom is -0.494 e. The van der Waals surface area contributed by atoms with Gasteiger partial charge < -0.3 is 14.8 Å². The molecular formula is C24H23N7O3S. The second-order valence-corrected chi connectivity index (χ2v) is 8.35. The predicted octanol–water partition coefficient (Wildman–Crippen LogP) is 3.99. The Kier molecular flexibility index (Phi) is 6.49. The summed E-state index contributed by atoms with van der Waals surface area (Å²) in [4.78, 5) is 17.3. The van der Waals surface area contributed by atoms with E-state index in [-0.39, 0.29) is 11.7 Å². The maximum atomic E-state index is 12.7. The summed E-state index contributed by atoms with van der Waals surface area (Å²) in [5, 5.41) is 17.3. The summed E-state index contributed by atoms with van der Waals surface area (Å²) < 4.78 is 14.7. The lowest BCUT2D eigenvalue weighted by atomic mass is 10.2. The molecule has 5 rings (SSSR count). The van der Waals surface area contributed by atoms with E-state index < -0.39 is 0 Å². The lowest BCUT2D eigenvalue weighted by Gasteiger charge is -2.13. The van der Waals surface area contributed by atoms with Crippen molar-refractivity contribution in [2.24, 2.45) is 0 Å². The van der Waals surface area contributed by atoms with Crippen LogP contribution < -0.4 is 14.8 Å². The normalized spacial score (nSPS) is 11.1. The van der Waals surface area contributed by atoms with Crippen LogP contribution in [0.2, 0.25) is 0 Å². The number of amides is 1. The van der Waals surface area contributed by atoms with Gasteiger partial charge in [-0.1, -0.05) is 30.0 Å². The molecule has 10 nitrogen and oxygen atoms in total. The molecule has 35 heavy (non-hydrogen) atoms. The van der Waals surface area contributed by atoms with Crippen molar-refractivity contribution >= 4 is 40.0 Å². The monoisotopic (exact) mass is 489 g/mol. The highest BCUT2D eigenvalue weighted by Gasteiger charge is 2.16. The van der Waals surface area contributed by atoms with Crippen molar-refractivity contribution in [3.8, 4) is 17.2 Å². The molecule has 0 aliphatic carbocycles. The number of hydrogen-bond acceptors (Lipinski definition) is 8. The molecule has 0 aliphatic heterocycles. The van der Waals surface area contributed by atoms with Gasteiger partial charge in [-0.25, -0.2) is 9.67 Å². The second kappa shape index (κ2) is 10.0. The number of carbonyl (C=O) groups is 1. The van der Waals surface area contributed by atoms with Gasteiger partial charge in [0.1, 0.15) is 17.8 Å². The zero-order valence-electron chi connectivity index (χ0n) is 19.2. The number of rotatable bonds is 9. The Bertz CT molecular complexity index is 1480. The summed E-state index contributed by atoms with van der Waals surface area (Å²) in [6, 6.07) is 15.1. The van der Waals surface area contributed by atoms with Crippen LogP contribution in [0.3, 0.4) is 0 Å². The minimum atomic E-state index is -0.202. The molecule has 0 unspecified atom stereocenters. The van der Waals surface area contributed by atoms with Gasteiger partial charge in [-0.05, 0) is 38.1 Å². The van der Waals surface area contributed by atoms with E-state index in [2.05, 4.69) is 25.6 Å². The molecule has 11 heteroatoms. The van der Waals surface area contributed by atoms with Crippen molar-refractivity contribution in [3.63, 3.8) is 0 Å². The number of carbonyl (C=O) groups excluding carboxylic acids is 1. The molecule has 1 N–H and O–H groups in total. The van der Waals surface area contributed by atoms with Crippen LogP contribution >= 0.6 is 11.8 Å². The van der Waals surface area contributed by atoms with Crippen LogP contribution in [-0.4, -0.2) is 54.2 Å². The van der Waals surface area contributed by atoms with E-state index >= 15 is 0 Å². The van der Waals surface area contributed by atoms with E-state index in [9.17, 15) is 4.79 Å². The van der Waals surface area contributed by atoms with E-state index in [0.29, 0.717) is 46.9 Å². The number of para-hydroxylation sites is 1. The zero-order valence-corrected chi connectivity index (χ0v) is 20.0. The van der Waals surface area contributed by atoms with Gasteiger partial charge in [0.05, 0.1) is 41.9 Å². The highest BCUT2D eigenvalue weighted by Crippen LogP contribution is 2.30. The average molecular weight is 490 g/mol. The van der Waals surface area contributed by atoms with Crippen molar-refractivity contribution in [1.82, 2.24) is 29.4 Å². The molecule has 0 spiro atoms. The Labute approximate surface area is 205 Å². The standard InChI is InChI=1S/C24H23N7O3S/c1-3-33-17-10-11-20(34-4-2)19(12-17)27-21(32)14-35-24-29-28-23-18-13-26-31(16-8-6-5-7-9-16)22(18)25-15-30(23)24/h5-13,15H,3-4,14H2,1-2H3,(H,27,32). The molecule has 5 aromatic rings. The summed E-state index contributed by atoms with van der Waals surface area (Å²) in [6.07, 6.45) is 3.37. The number of hydrogen-bond donors (Lipinski definition) is 1. The van der Waals surface area contributed by atoms with Gasteiger partial charge >= 0.3 is 0 Å². The Morgan fingerprint density at radius 2 is 1.86 bits per heavy atom. The van der Waals surface area contributed by atoms with Crippen molar-refractivity contribution in [3.05, 3.63) is 61.1 Å². The third-order valence-corrected chi connectivity index (χ3v) is 6.06. The zero-order chi connectivity index (χ0) is 24.2. The quantitative estimate of drug-likeness (QED) is 0.310. The van der Waals surface area contributed by atoms with Gasteiger partial charge in [0.25, 0.3) is 0 Å². The number of ether oxygens (including phenoxy) is 2. The average Bonchev–Trinajstić information content (AvgIpc) is 3.49. The van der Waals surface area contributed by atoms with Gasteiger partial charge in [0.2, 0.25) is 5.91 Å². The molecule has 178 valence electrons. The molecule has 0 saturated carbocycles. The lowest BCUT2D eigenvalue weighted by molar-refractivity contribution is -0.113. The fourth-order valence-electron chi connectivity index (χ4n) is 3.62. The number of aromatic nitrogens is 6. The molecule has 0 fully saturated rings. The molecule has 0 atom stereocenters. The Hall–Kier alpha value is -4.12.